The molecule has 0 fully saturated rings. The lowest BCUT2D eigenvalue weighted by molar-refractivity contribution is 0.577. The fourth-order valence-corrected chi connectivity index (χ4v) is 3.00. The minimum atomic E-state index is 0.486. The molecule has 0 saturated heterocycles. The molecule has 0 radical (unpaired) electrons. The molecular formula is C19H12ClN5O. The van der Waals surface area contributed by atoms with Gasteiger partial charge in [0, 0.05) is 10.4 Å². The summed E-state index contributed by atoms with van der Waals surface area (Å²) in [5, 5.41) is 6.06. The summed E-state index contributed by atoms with van der Waals surface area (Å²) in [5.74, 6) is 1.08. The lowest BCUT2D eigenvalue weighted by Gasteiger charge is -2.02. The van der Waals surface area contributed by atoms with Crippen molar-refractivity contribution in [3.05, 3.63) is 77.6 Å². The summed E-state index contributed by atoms with van der Waals surface area (Å²) in [4.78, 5) is 12.6. The summed E-state index contributed by atoms with van der Waals surface area (Å²) in [6, 6.07) is 18.9. The maximum atomic E-state index is 6.18. The second-order valence-electron chi connectivity index (χ2n) is 5.73. The molecule has 0 spiro atoms. The number of benzene rings is 2. The molecule has 1 N–H and O–H groups in total. The van der Waals surface area contributed by atoms with Crippen molar-refractivity contribution in [2.45, 2.75) is 0 Å². The molecule has 0 unspecified atom stereocenters. The predicted molar refractivity (Wildman–Crippen MR) is 99.2 cm³/mol. The van der Waals surface area contributed by atoms with Crippen LogP contribution in [0, 0.1) is 0 Å². The van der Waals surface area contributed by atoms with E-state index < -0.39 is 0 Å². The van der Waals surface area contributed by atoms with Crippen molar-refractivity contribution in [1.82, 2.24) is 19.6 Å². The largest absolute Gasteiger partial charge is 0.461 e. The van der Waals surface area contributed by atoms with Gasteiger partial charge in [-0.25, -0.2) is 9.98 Å². The third-order valence-electron chi connectivity index (χ3n) is 4.01. The number of furan rings is 1. The highest BCUT2D eigenvalue weighted by molar-refractivity contribution is 6.31. The molecule has 126 valence electrons. The zero-order valence-electron chi connectivity index (χ0n) is 13.4. The van der Waals surface area contributed by atoms with Gasteiger partial charge in [-0.2, -0.15) is 4.52 Å². The Morgan fingerprint density at radius 3 is 2.73 bits per heavy atom. The van der Waals surface area contributed by atoms with E-state index >= 15 is 0 Å². The van der Waals surface area contributed by atoms with E-state index in [1.807, 2.05) is 54.6 Å². The number of H-pyrrole nitrogens is 1. The molecule has 0 aliphatic carbocycles. The summed E-state index contributed by atoms with van der Waals surface area (Å²) in [6.45, 7) is 0. The Bertz CT molecular complexity index is 1290. The Hall–Kier alpha value is -3.38. The first kappa shape index (κ1) is 14.9. The number of aromatic amines is 1. The van der Waals surface area contributed by atoms with Crippen molar-refractivity contribution in [2.75, 3.05) is 0 Å². The molecule has 0 aliphatic heterocycles. The van der Waals surface area contributed by atoms with E-state index in [1.165, 1.54) is 0 Å². The summed E-state index contributed by atoms with van der Waals surface area (Å²) >= 11 is 6.18. The molecule has 3 aromatic heterocycles. The maximum Gasteiger partial charge on any atom is 0.231 e. The van der Waals surface area contributed by atoms with Crippen LogP contribution in [0.15, 0.2) is 76.3 Å². The summed E-state index contributed by atoms with van der Waals surface area (Å²) < 4.78 is 7.11. The molecule has 26 heavy (non-hydrogen) atoms. The molecule has 0 bridgehead atoms. The minimum Gasteiger partial charge on any atom is -0.461 e. The second-order valence-corrected chi connectivity index (χ2v) is 6.17. The minimum absolute atomic E-state index is 0.486. The molecule has 6 nitrogen and oxygen atoms in total. The highest BCUT2D eigenvalue weighted by atomic mass is 35.5. The van der Waals surface area contributed by atoms with Crippen LogP contribution in [0.3, 0.4) is 0 Å². The quantitative estimate of drug-likeness (QED) is 0.508. The zero-order valence-corrected chi connectivity index (χ0v) is 14.2. The molecule has 0 atom stereocenters. The van der Waals surface area contributed by atoms with Gasteiger partial charge in [-0.15, -0.1) is 5.10 Å². The Morgan fingerprint density at radius 1 is 1.04 bits per heavy atom. The van der Waals surface area contributed by atoms with Gasteiger partial charge in [-0.1, -0.05) is 29.8 Å². The predicted octanol–water partition coefficient (Wildman–Crippen LogP) is 4.36. The molecular weight excluding hydrogens is 350 g/mol. The van der Waals surface area contributed by atoms with Crippen LogP contribution in [0.25, 0.3) is 28.1 Å². The van der Waals surface area contributed by atoms with E-state index in [2.05, 4.69) is 20.1 Å². The number of para-hydroxylation sites is 1. The number of rotatable bonds is 2. The zero-order chi connectivity index (χ0) is 17.5. The highest BCUT2D eigenvalue weighted by Gasteiger charge is 2.13. The van der Waals surface area contributed by atoms with Crippen molar-refractivity contribution in [1.29, 1.82) is 0 Å². The van der Waals surface area contributed by atoms with Crippen LogP contribution in [-0.2, 0) is 0 Å². The normalized spacial score (nSPS) is 12.3. The summed E-state index contributed by atoms with van der Waals surface area (Å²) in [7, 11) is 0. The van der Waals surface area contributed by atoms with E-state index in [1.54, 1.807) is 16.8 Å². The number of nitrogens with one attached hydrogen (secondary N) is 1. The molecule has 0 aliphatic rings. The molecule has 7 heteroatoms. The van der Waals surface area contributed by atoms with Crippen LogP contribution in [0.4, 0.5) is 5.69 Å². The van der Waals surface area contributed by atoms with Crippen molar-refractivity contribution >= 4 is 33.8 Å². The lowest BCUT2D eigenvalue weighted by Crippen LogP contribution is -2.19. The number of halogens is 1. The van der Waals surface area contributed by atoms with Crippen LogP contribution >= 0.6 is 11.6 Å². The van der Waals surface area contributed by atoms with Gasteiger partial charge in [0.1, 0.15) is 0 Å². The topological polar surface area (TPSA) is 71.5 Å². The van der Waals surface area contributed by atoms with Crippen molar-refractivity contribution in [2.24, 2.45) is 4.99 Å². The summed E-state index contributed by atoms with van der Waals surface area (Å²) in [6.07, 6.45) is 1.59. The fourth-order valence-electron chi connectivity index (χ4n) is 2.83. The smallest absolute Gasteiger partial charge is 0.231 e. The Labute approximate surface area is 152 Å². The van der Waals surface area contributed by atoms with Crippen LogP contribution in [-0.4, -0.2) is 19.6 Å². The van der Waals surface area contributed by atoms with Gasteiger partial charge in [-0.05, 0) is 42.5 Å². The van der Waals surface area contributed by atoms with Crippen molar-refractivity contribution in [3.8, 4) is 11.6 Å². The van der Waals surface area contributed by atoms with Gasteiger partial charge in [0.15, 0.2) is 11.4 Å². The highest BCUT2D eigenvalue weighted by Crippen LogP contribution is 2.23. The molecule has 5 rings (SSSR count). The SMILES string of the molecule is Clc1ccc2[nH]/c(=N/c3ccccc3)n3nc(-c4ccco4)nc3c2c1. The van der Waals surface area contributed by atoms with Gasteiger partial charge in [-0.3, -0.25) is 0 Å². The Morgan fingerprint density at radius 2 is 1.92 bits per heavy atom. The molecule has 2 aromatic carbocycles. The first-order valence-electron chi connectivity index (χ1n) is 8.00. The van der Waals surface area contributed by atoms with E-state index in [0.717, 1.165) is 16.6 Å². The monoisotopic (exact) mass is 361 g/mol. The molecule has 0 amide bonds. The maximum absolute atomic E-state index is 6.18. The molecule has 0 saturated carbocycles. The summed E-state index contributed by atoms with van der Waals surface area (Å²) in [5.41, 5.74) is 2.90. The standard InChI is InChI=1S/C19H12ClN5O/c20-12-8-9-15-14(11-12)18-23-17(16-7-4-10-26-16)24-25(18)19(22-15)21-13-5-2-1-3-6-13/h1-11H,(H,21,22). The number of fused-ring (bicyclic) bond motifs is 3. The van der Waals surface area contributed by atoms with Crippen LogP contribution in [0.2, 0.25) is 5.02 Å². The third-order valence-corrected chi connectivity index (χ3v) is 4.24. The number of aromatic nitrogens is 4. The lowest BCUT2D eigenvalue weighted by atomic mass is 10.2. The molecule has 3 heterocycles. The van der Waals surface area contributed by atoms with E-state index in [9.17, 15) is 0 Å². The van der Waals surface area contributed by atoms with Crippen LogP contribution < -0.4 is 5.62 Å². The number of hydrogen-bond acceptors (Lipinski definition) is 4. The van der Waals surface area contributed by atoms with Crippen LogP contribution in [0.1, 0.15) is 0 Å². The van der Waals surface area contributed by atoms with E-state index in [-0.39, 0.29) is 0 Å². The van der Waals surface area contributed by atoms with E-state index in [0.29, 0.717) is 27.9 Å². The van der Waals surface area contributed by atoms with Gasteiger partial charge in [0.25, 0.3) is 0 Å². The average molecular weight is 362 g/mol. The van der Waals surface area contributed by atoms with Gasteiger partial charge in [0.2, 0.25) is 11.4 Å². The van der Waals surface area contributed by atoms with Gasteiger partial charge in [0.05, 0.1) is 17.5 Å². The molecule has 5 aromatic rings. The average Bonchev–Trinajstić information content (AvgIpc) is 3.33. The van der Waals surface area contributed by atoms with E-state index in [4.69, 9.17) is 16.0 Å². The Balaban J connectivity index is 1.89. The first-order valence-corrected chi connectivity index (χ1v) is 8.38. The number of nitrogens with zero attached hydrogens (tertiary/aromatic N) is 4. The van der Waals surface area contributed by atoms with Crippen molar-refractivity contribution < 1.29 is 4.42 Å². The van der Waals surface area contributed by atoms with Gasteiger partial charge < -0.3 is 9.40 Å². The van der Waals surface area contributed by atoms with Gasteiger partial charge >= 0.3 is 0 Å². The number of hydrogen-bond donors (Lipinski definition) is 1. The van der Waals surface area contributed by atoms with Crippen molar-refractivity contribution in [3.63, 3.8) is 0 Å². The first-order chi connectivity index (χ1) is 12.8. The second kappa shape index (κ2) is 5.86. The third kappa shape index (κ3) is 2.48. The van der Waals surface area contributed by atoms with Crippen LogP contribution in [0.5, 0.6) is 0 Å². The Kier molecular flexibility index (Phi) is 3.36. The fraction of sp³-hybridized carbons (Fsp3) is 0.